The maximum Gasteiger partial charge on any atom is 1.00 e. The third-order valence-electron chi connectivity index (χ3n) is 4.04. The fraction of sp³-hybridized carbons (Fsp3) is 0.412. The van der Waals surface area contributed by atoms with Crippen molar-refractivity contribution in [3.63, 3.8) is 0 Å². The van der Waals surface area contributed by atoms with Crippen molar-refractivity contribution in [1.82, 2.24) is 5.32 Å². The average molecular weight is 355 g/mol. The van der Waals surface area contributed by atoms with Crippen LogP contribution in [0.1, 0.15) is 32.1 Å². The minimum Gasteiger partial charge on any atom is -0.550 e. The van der Waals surface area contributed by atoms with Crippen LogP contribution in [0, 0.1) is 11.8 Å². The first-order valence-corrected chi connectivity index (χ1v) is 7.67. The summed E-state index contributed by atoms with van der Waals surface area (Å²) in [6.45, 7) is 4.23. The maximum absolute atomic E-state index is 12.0. The summed E-state index contributed by atoms with van der Waals surface area (Å²) < 4.78 is 11.3. The van der Waals surface area contributed by atoms with Crippen molar-refractivity contribution in [3.8, 4) is 5.75 Å². The van der Waals surface area contributed by atoms with Crippen molar-refractivity contribution < 1.29 is 75.2 Å². The van der Waals surface area contributed by atoms with E-state index in [1.807, 2.05) is 31.2 Å². The number of para-hydroxylation sites is 1. The van der Waals surface area contributed by atoms with Crippen LogP contribution in [0.4, 0.5) is 0 Å². The van der Waals surface area contributed by atoms with E-state index in [2.05, 4.69) is 5.32 Å². The standard InChI is InChI=1S/C17H19NO5.K/c1-3-22-13-6-4-5-10-7-14(23-15(10)13)9(2)18-16(19)11-8-12(11)17(20)21;/h4-7,9,11-12H,3,8H2,1-2H3,(H,18,19)(H,20,21);/q;+1/p-1. The molecule has 2 aromatic rings. The molecule has 1 aromatic carbocycles. The molecule has 1 aromatic heterocycles. The Kier molecular flexibility index (Phi) is 6.50. The number of hydrogen-bond acceptors (Lipinski definition) is 5. The first-order valence-electron chi connectivity index (χ1n) is 7.67. The summed E-state index contributed by atoms with van der Waals surface area (Å²) in [5.41, 5.74) is 0.643. The number of ether oxygens (including phenoxy) is 1. The Bertz CT molecular complexity index is 757. The molecule has 6 nitrogen and oxygen atoms in total. The Morgan fingerprint density at radius 2 is 2.17 bits per heavy atom. The van der Waals surface area contributed by atoms with Crippen LogP contribution >= 0.6 is 0 Å². The van der Waals surface area contributed by atoms with Gasteiger partial charge in [-0.3, -0.25) is 4.79 Å². The van der Waals surface area contributed by atoms with Gasteiger partial charge in [-0.15, -0.1) is 0 Å². The number of carboxylic acids is 1. The zero-order valence-corrected chi connectivity index (χ0v) is 17.1. The van der Waals surface area contributed by atoms with Gasteiger partial charge in [0.2, 0.25) is 5.91 Å². The molecule has 3 rings (SSSR count). The predicted molar refractivity (Wildman–Crippen MR) is 80.5 cm³/mol. The van der Waals surface area contributed by atoms with Gasteiger partial charge >= 0.3 is 51.4 Å². The third-order valence-corrected chi connectivity index (χ3v) is 4.04. The van der Waals surface area contributed by atoms with Crippen LogP contribution in [-0.2, 0) is 9.59 Å². The van der Waals surface area contributed by atoms with Gasteiger partial charge in [0.1, 0.15) is 5.76 Å². The zero-order valence-electron chi connectivity index (χ0n) is 14.0. The second-order valence-corrected chi connectivity index (χ2v) is 5.75. The van der Waals surface area contributed by atoms with E-state index in [0.29, 0.717) is 30.1 Å². The fourth-order valence-corrected chi connectivity index (χ4v) is 2.68. The molecule has 0 bridgehead atoms. The molecule has 3 unspecified atom stereocenters. The van der Waals surface area contributed by atoms with Crippen molar-refractivity contribution >= 4 is 22.8 Å². The molecular weight excluding hydrogens is 337 g/mol. The number of furan rings is 1. The number of benzene rings is 1. The first-order chi connectivity index (χ1) is 11.0. The molecule has 0 aliphatic heterocycles. The average Bonchev–Trinajstić information content (AvgIpc) is 3.20. The van der Waals surface area contributed by atoms with Gasteiger partial charge in [0, 0.05) is 23.2 Å². The SMILES string of the molecule is CCOc1cccc2cc(C(C)NC(=O)C3CC3C(=O)[O-])oc12.[K+]. The van der Waals surface area contributed by atoms with Crippen molar-refractivity contribution in [2.75, 3.05) is 6.61 Å². The minimum absolute atomic E-state index is 0. The van der Waals surface area contributed by atoms with Crippen LogP contribution in [0.3, 0.4) is 0 Å². The monoisotopic (exact) mass is 355 g/mol. The number of aliphatic carboxylic acids is 1. The second-order valence-electron chi connectivity index (χ2n) is 5.75. The first kappa shape index (κ1) is 19.5. The largest absolute Gasteiger partial charge is 1.00 e. The molecule has 0 radical (unpaired) electrons. The van der Waals surface area contributed by atoms with Crippen LogP contribution in [0.5, 0.6) is 5.75 Å². The van der Waals surface area contributed by atoms with Gasteiger partial charge in [0.25, 0.3) is 0 Å². The van der Waals surface area contributed by atoms with E-state index < -0.39 is 17.8 Å². The summed E-state index contributed by atoms with van der Waals surface area (Å²) in [6.07, 6.45) is 0.343. The van der Waals surface area contributed by atoms with Crippen LogP contribution < -0.4 is 66.5 Å². The number of carbonyl (C=O) groups is 2. The molecule has 1 aliphatic carbocycles. The molecule has 1 N–H and O–H groups in total. The number of carboxylic acid groups (broad SMARTS) is 1. The molecule has 24 heavy (non-hydrogen) atoms. The Balaban J connectivity index is 0.00000208. The minimum atomic E-state index is -1.16. The van der Waals surface area contributed by atoms with Crippen molar-refractivity contribution in [2.24, 2.45) is 11.8 Å². The van der Waals surface area contributed by atoms with Crippen molar-refractivity contribution in [3.05, 3.63) is 30.0 Å². The second kappa shape index (κ2) is 8.01. The number of fused-ring (bicyclic) bond motifs is 1. The van der Waals surface area contributed by atoms with Gasteiger partial charge in [-0.05, 0) is 32.4 Å². The van der Waals surface area contributed by atoms with Gasteiger partial charge in [0.15, 0.2) is 11.3 Å². The molecule has 0 saturated heterocycles. The van der Waals surface area contributed by atoms with Crippen molar-refractivity contribution in [1.29, 1.82) is 0 Å². The Morgan fingerprint density at radius 3 is 2.79 bits per heavy atom. The molecule has 1 amide bonds. The van der Waals surface area contributed by atoms with E-state index in [9.17, 15) is 14.7 Å². The van der Waals surface area contributed by atoms with Crippen LogP contribution in [0.2, 0.25) is 0 Å². The maximum atomic E-state index is 12.0. The van der Waals surface area contributed by atoms with Gasteiger partial charge in [0.05, 0.1) is 12.6 Å². The van der Waals surface area contributed by atoms with Gasteiger partial charge in [-0.1, -0.05) is 12.1 Å². The summed E-state index contributed by atoms with van der Waals surface area (Å²) in [7, 11) is 0. The Morgan fingerprint density at radius 1 is 1.42 bits per heavy atom. The topological polar surface area (TPSA) is 91.6 Å². The quantitative estimate of drug-likeness (QED) is 0.630. The number of amides is 1. The van der Waals surface area contributed by atoms with E-state index in [1.54, 1.807) is 6.92 Å². The van der Waals surface area contributed by atoms with Gasteiger partial charge in [-0.2, -0.15) is 0 Å². The Labute approximate surface area is 182 Å². The molecule has 0 spiro atoms. The normalized spacial score (nSPS) is 20.1. The summed E-state index contributed by atoms with van der Waals surface area (Å²) in [5, 5.41) is 14.4. The summed E-state index contributed by atoms with van der Waals surface area (Å²) in [6, 6.07) is 7.12. The molecule has 1 saturated carbocycles. The Hall–Kier alpha value is -0.864. The van der Waals surface area contributed by atoms with Crippen LogP contribution in [0.15, 0.2) is 28.7 Å². The number of hydrogen-bond donors (Lipinski definition) is 1. The molecule has 1 aliphatic rings. The molecule has 122 valence electrons. The predicted octanol–water partition coefficient (Wildman–Crippen LogP) is -1.60. The number of rotatable bonds is 6. The summed E-state index contributed by atoms with van der Waals surface area (Å²) in [5.74, 6) is -1.34. The summed E-state index contributed by atoms with van der Waals surface area (Å²) in [4.78, 5) is 22.7. The number of nitrogens with one attached hydrogen (secondary N) is 1. The van der Waals surface area contributed by atoms with E-state index in [-0.39, 0.29) is 63.3 Å². The summed E-state index contributed by atoms with van der Waals surface area (Å²) >= 11 is 0. The number of carbonyl (C=O) groups excluding carboxylic acids is 2. The van der Waals surface area contributed by atoms with Gasteiger partial charge in [-0.25, -0.2) is 0 Å². The van der Waals surface area contributed by atoms with E-state index in [1.165, 1.54) is 0 Å². The third kappa shape index (κ3) is 4.03. The molecule has 3 atom stereocenters. The molecule has 7 heteroatoms. The van der Waals surface area contributed by atoms with Gasteiger partial charge < -0.3 is 24.4 Å². The van der Waals surface area contributed by atoms with Crippen LogP contribution in [0.25, 0.3) is 11.0 Å². The van der Waals surface area contributed by atoms with Crippen LogP contribution in [-0.4, -0.2) is 18.5 Å². The molecule has 1 fully saturated rings. The zero-order chi connectivity index (χ0) is 16.6. The molecule has 1 heterocycles. The van der Waals surface area contributed by atoms with E-state index in [4.69, 9.17) is 9.15 Å². The van der Waals surface area contributed by atoms with E-state index >= 15 is 0 Å². The fourth-order valence-electron chi connectivity index (χ4n) is 2.68. The van der Waals surface area contributed by atoms with E-state index in [0.717, 1.165) is 5.39 Å². The smallest absolute Gasteiger partial charge is 0.550 e. The van der Waals surface area contributed by atoms with Crippen molar-refractivity contribution in [2.45, 2.75) is 26.3 Å². The molecular formula is C17H18KNO5.